The summed E-state index contributed by atoms with van der Waals surface area (Å²) in [6.45, 7) is 2.75. The number of pyridine rings is 1. The van der Waals surface area contributed by atoms with Gasteiger partial charge in [0.1, 0.15) is 11.8 Å². The van der Waals surface area contributed by atoms with Gasteiger partial charge in [-0.25, -0.2) is 0 Å². The van der Waals surface area contributed by atoms with Crippen LogP contribution >= 0.6 is 0 Å². The highest BCUT2D eigenvalue weighted by Gasteiger charge is 2.35. The number of rotatable bonds is 12. The van der Waals surface area contributed by atoms with E-state index >= 15 is 0 Å². The second kappa shape index (κ2) is 11.5. The Bertz CT molecular complexity index is 1010. The number of aromatic nitrogens is 1. The quantitative estimate of drug-likeness (QED) is 0.434. The summed E-state index contributed by atoms with van der Waals surface area (Å²) in [6, 6.07) is 11.4. The van der Waals surface area contributed by atoms with Crippen molar-refractivity contribution < 1.29 is 19.4 Å². The topological polar surface area (TPSA) is 71.9 Å². The maximum Gasteiger partial charge on any atom is 0.325 e. The molecule has 0 bridgehead atoms. The smallest absolute Gasteiger partial charge is 0.325 e. The zero-order valence-corrected chi connectivity index (χ0v) is 20.7. The van der Waals surface area contributed by atoms with Gasteiger partial charge in [-0.05, 0) is 87.8 Å². The molecule has 2 fully saturated rings. The minimum Gasteiger partial charge on any atom is -0.493 e. The average Bonchev–Trinajstić information content (AvgIpc) is 3.60. The summed E-state index contributed by atoms with van der Waals surface area (Å²) in [6.07, 6.45) is 11.3. The predicted octanol–water partition coefficient (Wildman–Crippen LogP) is 4.99. The molecule has 2 heterocycles. The summed E-state index contributed by atoms with van der Waals surface area (Å²) in [4.78, 5) is 19.2. The van der Waals surface area contributed by atoms with Crippen LogP contribution in [-0.2, 0) is 28.8 Å². The number of hydrogen-bond acceptors (Lipinski definition) is 5. The maximum atomic E-state index is 12.3. The highest BCUT2D eigenvalue weighted by atomic mass is 16.5. The van der Waals surface area contributed by atoms with Gasteiger partial charge in [-0.1, -0.05) is 24.3 Å². The number of carbonyl (C=O) groups is 1. The normalized spacial score (nSPS) is 21.0. The van der Waals surface area contributed by atoms with Gasteiger partial charge in [-0.2, -0.15) is 0 Å². The predicted molar refractivity (Wildman–Crippen MR) is 135 cm³/mol. The molecule has 0 unspecified atom stereocenters. The van der Waals surface area contributed by atoms with Gasteiger partial charge in [0.15, 0.2) is 0 Å². The number of nitrogens with zero attached hydrogens (tertiary/aromatic N) is 2. The number of para-hydroxylation sites is 1. The third kappa shape index (κ3) is 6.42. The molecule has 1 aliphatic heterocycles. The Balaban J connectivity index is 1.08. The van der Waals surface area contributed by atoms with Gasteiger partial charge in [0, 0.05) is 36.6 Å². The molecule has 1 saturated heterocycles. The van der Waals surface area contributed by atoms with Crippen molar-refractivity contribution in [3.8, 4) is 5.75 Å². The molecule has 188 valence electrons. The molecule has 0 radical (unpaired) electrons. The van der Waals surface area contributed by atoms with E-state index in [9.17, 15) is 9.90 Å². The number of aryl methyl sites for hydroxylation is 3. The summed E-state index contributed by atoms with van der Waals surface area (Å²) in [5.74, 6) is 0.497. The van der Waals surface area contributed by atoms with Gasteiger partial charge < -0.3 is 14.6 Å². The zero-order valence-electron chi connectivity index (χ0n) is 20.7. The second-order valence-corrected chi connectivity index (χ2v) is 10.4. The molecular weight excluding hydrogens is 440 g/mol. The molecule has 35 heavy (non-hydrogen) atoms. The number of likely N-dealkylation sites (tertiary alicyclic amines) is 1. The molecule has 6 nitrogen and oxygen atoms in total. The van der Waals surface area contributed by atoms with Crippen LogP contribution in [0, 0.1) is 5.92 Å². The molecule has 0 amide bonds. The first-order valence-electron chi connectivity index (χ1n) is 13.5. The van der Waals surface area contributed by atoms with Gasteiger partial charge in [0.2, 0.25) is 0 Å². The van der Waals surface area contributed by atoms with E-state index in [0.717, 1.165) is 44.2 Å². The molecule has 5 rings (SSSR count). The lowest BCUT2D eigenvalue weighted by Gasteiger charge is -2.26. The molecule has 1 aromatic heterocycles. The van der Waals surface area contributed by atoms with Gasteiger partial charge in [0.25, 0.3) is 0 Å². The highest BCUT2D eigenvalue weighted by Crippen LogP contribution is 2.35. The van der Waals surface area contributed by atoms with Crippen molar-refractivity contribution in [2.45, 2.75) is 76.4 Å². The SMILES string of the molecule is O=C(O)[C@H](c1ccccc1OCC1CC1)N1CC[C@@H](OCCCCc2ccc3c(n2)CCCC3)C1. The molecule has 2 aromatic rings. The van der Waals surface area contributed by atoms with E-state index in [1.54, 1.807) is 0 Å². The molecule has 6 heteroatoms. The van der Waals surface area contributed by atoms with Crippen LogP contribution in [0.4, 0.5) is 0 Å². The summed E-state index contributed by atoms with van der Waals surface area (Å²) in [5.41, 5.74) is 4.69. The van der Waals surface area contributed by atoms with E-state index in [1.807, 2.05) is 29.2 Å². The first kappa shape index (κ1) is 24.3. The minimum atomic E-state index is -0.828. The lowest BCUT2D eigenvalue weighted by atomic mass is 9.95. The zero-order chi connectivity index (χ0) is 24.0. The van der Waals surface area contributed by atoms with Crippen molar-refractivity contribution in [1.82, 2.24) is 9.88 Å². The van der Waals surface area contributed by atoms with Gasteiger partial charge in [-0.15, -0.1) is 0 Å². The number of carboxylic acids is 1. The molecular formula is C29H38N2O4. The molecule has 3 aliphatic rings. The molecule has 1 N–H and O–H groups in total. The third-order valence-electron chi connectivity index (χ3n) is 7.58. The maximum absolute atomic E-state index is 12.3. The lowest BCUT2D eigenvalue weighted by molar-refractivity contribution is -0.143. The van der Waals surface area contributed by atoms with Gasteiger partial charge in [-0.3, -0.25) is 14.7 Å². The Morgan fingerprint density at radius 1 is 1.09 bits per heavy atom. The van der Waals surface area contributed by atoms with Gasteiger partial charge in [0.05, 0.1) is 12.7 Å². The highest BCUT2D eigenvalue weighted by molar-refractivity contribution is 5.76. The number of fused-ring (bicyclic) bond motifs is 1. The van der Waals surface area contributed by atoms with Crippen LogP contribution in [0.25, 0.3) is 0 Å². The molecule has 2 aliphatic carbocycles. The van der Waals surface area contributed by atoms with Crippen LogP contribution in [0.3, 0.4) is 0 Å². The van der Waals surface area contributed by atoms with Crippen molar-refractivity contribution in [3.05, 3.63) is 58.9 Å². The van der Waals surface area contributed by atoms with Crippen molar-refractivity contribution in [1.29, 1.82) is 0 Å². The Morgan fingerprint density at radius 2 is 1.94 bits per heavy atom. The lowest BCUT2D eigenvalue weighted by Crippen LogP contribution is -2.33. The van der Waals surface area contributed by atoms with E-state index in [2.05, 4.69) is 12.1 Å². The fourth-order valence-corrected chi connectivity index (χ4v) is 5.37. The van der Waals surface area contributed by atoms with E-state index in [-0.39, 0.29) is 6.10 Å². The van der Waals surface area contributed by atoms with Crippen molar-refractivity contribution >= 4 is 5.97 Å². The van der Waals surface area contributed by atoms with E-state index in [1.165, 1.54) is 49.1 Å². The van der Waals surface area contributed by atoms with Crippen molar-refractivity contribution in [3.63, 3.8) is 0 Å². The number of unbranched alkanes of at least 4 members (excludes halogenated alkanes) is 1. The fraction of sp³-hybridized carbons (Fsp3) is 0.586. The number of ether oxygens (including phenoxy) is 2. The van der Waals surface area contributed by atoms with E-state index in [0.29, 0.717) is 31.4 Å². The standard InChI is InChI=1S/C29H38N2O4/c32-29(33)28(25-9-2-4-11-27(25)35-20-21-12-13-21)31-17-16-24(19-31)34-18-6-5-8-23-15-14-22-7-1-3-10-26(22)30-23/h2,4,9,11,14-15,21,24,28H,1,3,5-8,10,12-13,16-20H2,(H,32,33)/t24-,28+/m1/s1. The summed E-state index contributed by atoms with van der Waals surface area (Å²) in [7, 11) is 0. The van der Waals surface area contributed by atoms with Crippen molar-refractivity contribution in [2.75, 3.05) is 26.3 Å². The fourth-order valence-electron chi connectivity index (χ4n) is 5.37. The summed E-state index contributed by atoms with van der Waals surface area (Å²) >= 11 is 0. The van der Waals surface area contributed by atoms with Crippen LogP contribution in [-0.4, -0.2) is 53.4 Å². The Morgan fingerprint density at radius 3 is 2.80 bits per heavy atom. The van der Waals surface area contributed by atoms with Crippen molar-refractivity contribution in [2.24, 2.45) is 5.92 Å². The Labute approximate surface area is 208 Å². The largest absolute Gasteiger partial charge is 0.493 e. The number of aliphatic carboxylic acids is 1. The first-order chi connectivity index (χ1) is 17.2. The summed E-state index contributed by atoms with van der Waals surface area (Å²) in [5, 5.41) is 10.1. The Kier molecular flexibility index (Phi) is 7.99. The number of hydrogen-bond donors (Lipinski definition) is 1. The first-order valence-corrected chi connectivity index (χ1v) is 13.5. The van der Waals surface area contributed by atoms with Crippen LogP contribution < -0.4 is 4.74 Å². The van der Waals surface area contributed by atoms with Crippen LogP contribution in [0.5, 0.6) is 5.75 Å². The second-order valence-electron chi connectivity index (χ2n) is 10.4. The van der Waals surface area contributed by atoms with E-state index < -0.39 is 12.0 Å². The third-order valence-corrected chi connectivity index (χ3v) is 7.58. The molecule has 0 spiro atoms. The summed E-state index contributed by atoms with van der Waals surface area (Å²) < 4.78 is 12.2. The van der Waals surface area contributed by atoms with E-state index in [4.69, 9.17) is 14.5 Å². The van der Waals surface area contributed by atoms with Gasteiger partial charge >= 0.3 is 5.97 Å². The molecule has 2 atom stereocenters. The monoisotopic (exact) mass is 478 g/mol. The average molecular weight is 479 g/mol. The molecule has 1 saturated carbocycles. The van der Waals surface area contributed by atoms with Crippen LogP contribution in [0.15, 0.2) is 36.4 Å². The number of benzene rings is 1. The minimum absolute atomic E-state index is 0.0817. The van der Waals surface area contributed by atoms with Crippen LogP contribution in [0.2, 0.25) is 0 Å². The molecule has 1 aromatic carbocycles. The number of carboxylic acid groups (broad SMARTS) is 1. The van der Waals surface area contributed by atoms with Crippen LogP contribution in [0.1, 0.15) is 73.5 Å². The Hall–Kier alpha value is -2.44.